The molecule has 0 spiro atoms. The van der Waals surface area contributed by atoms with Gasteiger partial charge in [0.05, 0.1) is 13.0 Å². The van der Waals surface area contributed by atoms with E-state index in [1.807, 2.05) is 23.1 Å². The Bertz CT molecular complexity index is 393. The average Bonchev–Trinajstić information content (AvgIpc) is 2.87. The smallest absolute Gasteiger partial charge is 0.328 e. The third-order valence-electron chi connectivity index (χ3n) is 2.46. The summed E-state index contributed by atoms with van der Waals surface area (Å²) in [4.78, 5) is 23.6. The summed E-state index contributed by atoms with van der Waals surface area (Å²) in [6, 6.07) is 1.37. The fourth-order valence-corrected chi connectivity index (χ4v) is 2.69. The van der Waals surface area contributed by atoms with Crippen molar-refractivity contribution in [3.8, 4) is 0 Å². The molecule has 106 valence electrons. The largest absolute Gasteiger partial charge is 0.464 e. The number of rotatable bonds is 8. The summed E-state index contributed by atoms with van der Waals surface area (Å²) in [5.74, 6) is 0.315. The van der Waals surface area contributed by atoms with Crippen molar-refractivity contribution in [2.75, 3.05) is 18.6 Å². The minimum absolute atomic E-state index is 0.141. The van der Waals surface area contributed by atoms with Gasteiger partial charge >= 0.3 is 5.97 Å². The minimum atomic E-state index is -0.543. The van der Waals surface area contributed by atoms with Gasteiger partial charge in [-0.2, -0.15) is 23.1 Å². The van der Waals surface area contributed by atoms with Crippen LogP contribution in [0.25, 0.3) is 0 Å². The van der Waals surface area contributed by atoms with Gasteiger partial charge in [-0.1, -0.05) is 0 Å². The van der Waals surface area contributed by atoms with Gasteiger partial charge in [-0.05, 0) is 47.7 Å². The van der Waals surface area contributed by atoms with Crippen LogP contribution in [0.4, 0.5) is 0 Å². The molecule has 1 unspecified atom stereocenters. The maximum atomic E-state index is 11.9. The molecule has 0 aromatic carbocycles. The Kier molecular flexibility index (Phi) is 7.59. The summed E-state index contributed by atoms with van der Waals surface area (Å²) in [7, 11) is 0. The molecule has 1 aromatic rings. The first-order valence-corrected chi connectivity index (χ1v) is 8.47. The standard InChI is InChI=1S/C13H19NO3S2/c1-3-17-13(16)11(5-6-18-2)14-12(15)8-10-4-7-19-9-10/h4,7,9,11H,3,5-6,8H2,1-2H3,(H,14,15). The summed E-state index contributed by atoms with van der Waals surface area (Å²) < 4.78 is 4.98. The van der Waals surface area contributed by atoms with Crippen LogP contribution in [0.15, 0.2) is 16.8 Å². The van der Waals surface area contributed by atoms with Crippen LogP contribution in [-0.4, -0.2) is 36.5 Å². The average molecular weight is 301 g/mol. The monoisotopic (exact) mass is 301 g/mol. The Hall–Kier alpha value is -1.01. The van der Waals surface area contributed by atoms with Gasteiger partial charge in [0, 0.05) is 0 Å². The van der Waals surface area contributed by atoms with Gasteiger partial charge in [0.15, 0.2) is 0 Å². The highest BCUT2D eigenvalue weighted by atomic mass is 32.2. The molecule has 1 N–H and O–H groups in total. The lowest BCUT2D eigenvalue weighted by Crippen LogP contribution is -2.42. The second-order valence-corrected chi connectivity index (χ2v) is 5.73. The Balaban J connectivity index is 2.50. The SMILES string of the molecule is CCOC(=O)C(CCSC)NC(=O)Cc1ccsc1. The first-order valence-electron chi connectivity index (χ1n) is 6.13. The number of hydrogen-bond acceptors (Lipinski definition) is 5. The first kappa shape index (κ1) is 16.0. The van der Waals surface area contributed by atoms with Gasteiger partial charge in [0.25, 0.3) is 0 Å². The molecule has 0 fully saturated rings. The fraction of sp³-hybridized carbons (Fsp3) is 0.538. The zero-order valence-corrected chi connectivity index (χ0v) is 12.8. The normalized spacial score (nSPS) is 11.9. The van der Waals surface area contributed by atoms with Crippen molar-refractivity contribution in [2.24, 2.45) is 0 Å². The molecule has 1 aromatic heterocycles. The molecule has 1 amide bonds. The summed E-state index contributed by atoms with van der Waals surface area (Å²) in [6.07, 6.45) is 2.86. The number of carbonyl (C=O) groups excluding carboxylic acids is 2. The molecule has 0 aliphatic carbocycles. The van der Waals surface area contributed by atoms with E-state index in [0.717, 1.165) is 11.3 Å². The number of nitrogens with one attached hydrogen (secondary N) is 1. The van der Waals surface area contributed by atoms with E-state index in [0.29, 0.717) is 19.4 Å². The summed E-state index contributed by atoms with van der Waals surface area (Å²) in [5, 5.41) is 6.61. The highest BCUT2D eigenvalue weighted by molar-refractivity contribution is 7.98. The van der Waals surface area contributed by atoms with Crippen molar-refractivity contribution in [2.45, 2.75) is 25.8 Å². The number of ether oxygens (including phenoxy) is 1. The molecule has 6 heteroatoms. The second kappa shape index (κ2) is 8.98. The minimum Gasteiger partial charge on any atom is -0.464 e. The van der Waals surface area contributed by atoms with E-state index < -0.39 is 6.04 Å². The second-order valence-electron chi connectivity index (χ2n) is 3.96. The van der Waals surface area contributed by atoms with Crippen LogP contribution in [-0.2, 0) is 20.7 Å². The Morgan fingerprint density at radius 1 is 1.53 bits per heavy atom. The third kappa shape index (κ3) is 6.11. The first-order chi connectivity index (χ1) is 9.17. The van der Waals surface area contributed by atoms with Crippen LogP contribution in [0.1, 0.15) is 18.9 Å². The van der Waals surface area contributed by atoms with E-state index in [9.17, 15) is 9.59 Å². The number of amides is 1. The number of thioether (sulfide) groups is 1. The van der Waals surface area contributed by atoms with Crippen LogP contribution >= 0.6 is 23.1 Å². The molecule has 0 radical (unpaired) electrons. The lowest BCUT2D eigenvalue weighted by molar-refractivity contribution is -0.147. The van der Waals surface area contributed by atoms with E-state index >= 15 is 0 Å². The van der Waals surface area contributed by atoms with E-state index in [-0.39, 0.29) is 11.9 Å². The van der Waals surface area contributed by atoms with Crippen LogP contribution in [0.3, 0.4) is 0 Å². The van der Waals surface area contributed by atoms with Crippen molar-refractivity contribution in [1.29, 1.82) is 0 Å². The Morgan fingerprint density at radius 2 is 2.32 bits per heavy atom. The van der Waals surface area contributed by atoms with Gasteiger partial charge in [-0.25, -0.2) is 4.79 Å². The highest BCUT2D eigenvalue weighted by Crippen LogP contribution is 2.08. The number of thiophene rings is 1. The van der Waals surface area contributed by atoms with E-state index in [4.69, 9.17) is 4.74 Å². The maximum Gasteiger partial charge on any atom is 0.328 e. The van der Waals surface area contributed by atoms with E-state index in [2.05, 4.69) is 5.32 Å². The van der Waals surface area contributed by atoms with Crippen molar-refractivity contribution in [3.63, 3.8) is 0 Å². The van der Waals surface area contributed by atoms with Gasteiger partial charge in [0.2, 0.25) is 5.91 Å². The molecule has 4 nitrogen and oxygen atoms in total. The van der Waals surface area contributed by atoms with Crippen molar-refractivity contribution in [3.05, 3.63) is 22.4 Å². The fourth-order valence-electron chi connectivity index (χ4n) is 1.55. The van der Waals surface area contributed by atoms with Crippen LogP contribution < -0.4 is 5.32 Å². The summed E-state index contributed by atoms with van der Waals surface area (Å²) in [5.41, 5.74) is 0.968. The van der Waals surface area contributed by atoms with Crippen molar-refractivity contribution < 1.29 is 14.3 Å². The molecule has 0 bridgehead atoms. The zero-order chi connectivity index (χ0) is 14.1. The maximum absolute atomic E-state index is 11.9. The Labute approximate surface area is 121 Å². The topological polar surface area (TPSA) is 55.4 Å². The summed E-state index contributed by atoms with van der Waals surface area (Å²) >= 11 is 3.19. The molecular formula is C13H19NO3S2. The van der Waals surface area contributed by atoms with Gasteiger partial charge in [-0.15, -0.1) is 0 Å². The van der Waals surface area contributed by atoms with E-state index in [1.54, 1.807) is 30.0 Å². The molecule has 0 saturated heterocycles. The molecule has 1 atom stereocenters. The Morgan fingerprint density at radius 3 is 2.89 bits per heavy atom. The molecule has 1 rings (SSSR count). The predicted molar refractivity (Wildman–Crippen MR) is 79.6 cm³/mol. The van der Waals surface area contributed by atoms with Gasteiger partial charge in [0.1, 0.15) is 6.04 Å². The van der Waals surface area contributed by atoms with Crippen LogP contribution in [0, 0.1) is 0 Å². The van der Waals surface area contributed by atoms with Crippen molar-refractivity contribution >= 4 is 35.0 Å². The third-order valence-corrected chi connectivity index (χ3v) is 3.84. The molecule has 19 heavy (non-hydrogen) atoms. The quantitative estimate of drug-likeness (QED) is 0.747. The number of carbonyl (C=O) groups is 2. The highest BCUT2D eigenvalue weighted by Gasteiger charge is 2.21. The van der Waals surface area contributed by atoms with Crippen molar-refractivity contribution in [1.82, 2.24) is 5.32 Å². The zero-order valence-electron chi connectivity index (χ0n) is 11.2. The predicted octanol–water partition coefficient (Wildman–Crippen LogP) is 2.09. The summed E-state index contributed by atoms with van der Waals surface area (Å²) in [6.45, 7) is 2.09. The van der Waals surface area contributed by atoms with E-state index in [1.165, 1.54) is 0 Å². The number of esters is 1. The molecule has 1 heterocycles. The molecular weight excluding hydrogens is 282 g/mol. The lowest BCUT2D eigenvalue weighted by Gasteiger charge is -2.16. The molecule has 0 aliphatic rings. The number of hydrogen-bond donors (Lipinski definition) is 1. The van der Waals surface area contributed by atoms with Gasteiger partial charge in [-0.3, -0.25) is 4.79 Å². The van der Waals surface area contributed by atoms with Crippen LogP contribution in [0.5, 0.6) is 0 Å². The lowest BCUT2D eigenvalue weighted by atomic mass is 10.2. The van der Waals surface area contributed by atoms with Gasteiger partial charge < -0.3 is 10.1 Å². The van der Waals surface area contributed by atoms with Crippen LogP contribution in [0.2, 0.25) is 0 Å². The molecule has 0 saturated carbocycles. The molecule has 0 aliphatic heterocycles.